The molecule has 0 amide bonds. The summed E-state index contributed by atoms with van der Waals surface area (Å²) in [6, 6.07) is 6.54. The number of carbonyl (C=O) groups excluding carboxylic acids is 1. The van der Waals surface area contributed by atoms with E-state index in [-0.39, 0.29) is 11.7 Å². The summed E-state index contributed by atoms with van der Waals surface area (Å²) >= 11 is 0. The van der Waals surface area contributed by atoms with Crippen LogP contribution >= 0.6 is 0 Å². The second-order valence-electron chi connectivity index (χ2n) is 8.61. The van der Waals surface area contributed by atoms with Crippen molar-refractivity contribution in [2.45, 2.75) is 84.0 Å². The van der Waals surface area contributed by atoms with Crippen LogP contribution in [0.1, 0.15) is 89.5 Å². The Morgan fingerprint density at radius 3 is 1.75 bits per heavy atom. The van der Waals surface area contributed by atoms with E-state index in [4.69, 9.17) is 4.74 Å². The van der Waals surface area contributed by atoms with Crippen LogP contribution in [-0.2, 0) is 4.79 Å². The number of hydrogen-bond donors (Lipinski definition) is 4. The maximum atomic E-state index is 12.0. The Hall–Kier alpha value is -1.89. The monoisotopic (exact) mass is 450 g/mol. The summed E-state index contributed by atoms with van der Waals surface area (Å²) in [5.41, 5.74) is -0.896. The molecule has 0 radical (unpaired) electrons. The molecule has 0 aromatic heterocycles. The van der Waals surface area contributed by atoms with Gasteiger partial charge >= 0.3 is 5.97 Å². The first-order valence-electron chi connectivity index (χ1n) is 12.1. The standard InChI is InChI=1S/C26H42O6/c1-2-3-4-5-6-7-8-9-10-11-12-13-25(31)32-23-16-14-22(15-17-23)18-24(30)26(19-27,20-28)21-29/h14-18,27-30H,2-13,19-21H2,1H3. The number of hydrogen-bond acceptors (Lipinski definition) is 6. The molecule has 0 bridgehead atoms. The lowest BCUT2D eigenvalue weighted by Gasteiger charge is -2.26. The van der Waals surface area contributed by atoms with E-state index in [0.29, 0.717) is 17.7 Å². The highest BCUT2D eigenvalue weighted by Gasteiger charge is 2.33. The Labute approximate surface area is 192 Å². The van der Waals surface area contributed by atoms with Gasteiger partial charge in [0.1, 0.15) is 11.5 Å². The molecule has 1 aromatic rings. The van der Waals surface area contributed by atoms with E-state index in [1.165, 1.54) is 57.4 Å². The lowest BCUT2D eigenvalue weighted by atomic mass is 9.87. The molecule has 0 fully saturated rings. The summed E-state index contributed by atoms with van der Waals surface area (Å²) < 4.78 is 5.35. The molecule has 32 heavy (non-hydrogen) atoms. The minimum absolute atomic E-state index is 0.257. The summed E-state index contributed by atoms with van der Waals surface area (Å²) in [5.74, 6) is -0.148. The highest BCUT2D eigenvalue weighted by molar-refractivity contribution is 5.72. The molecule has 1 rings (SSSR count). The molecule has 0 saturated heterocycles. The normalized spacial score (nSPS) is 12.2. The highest BCUT2D eigenvalue weighted by Crippen LogP contribution is 2.26. The molecule has 0 atom stereocenters. The molecule has 0 aliphatic heterocycles. The summed E-state index contributed by atoms with van der Waals surface area (Å²) in [6.07, 6.45) is 15.3. The first-order chi connectivity index (χ1) is 15.5. The van der Waals surface area contributed by atoms with Crippen molar-refractivity contribution in [1.82, 2.24) is 0 Å². The van der Waals surface area contributed by atoms with Crippen molar-refractivity contribution in [1.29, 1.82) is 0 Å². The number of rotatable bonds is 18. The predicted molar refractivity (Wildman–Crippen MR) is 127 cm³/mol. The number of benzene rings is 1. The van der Waals surface area contributed by atoms with E-state index in [1.54, 1.807) is 24.3 Å². The molecule has 0 saturated carbocycles. The van der Waals surface area contributed by atoms with Gasteiger partial charge in [0.05, 0.1) is 25.2 Å². The van der Waals surface area contributed by atoms with E-state index in [0.717, 1.165) is 19.3 Å². The van der Waals surface area contributed by atoms with Gasteiger partial charge in [-0.05, 0) is 30.2 Å². The Morgan fingerprint density at radius 1 is 0.812 bits per heavy atom. The second-order valence-corrected chi connectivity index (χ2v) is 8.61. The van der Waals surface area contributed by atoms with E-state index >= 15 is 0 Å². The van der Waals surface area contributed by atoms with Crippen molar-refractivity contribution in [2.75, 3.05) is 19.8 Å². The fourth-order valence-electron chi connectivity index (χ4n) is 3.45. The summed E-state index contributed by atoms with van der Waals surface area (Å²) in [6.45, 7) is 0.478. The van der Waals surface area contributed by atoms with Gasteiger partial charge in [0.15, 0.2) is 0 Å². The van der Waals surface area contributed by atoms with Crippen molar-refractivity contribution >= 4 is 12.0 Å². The number of unbranched alkanes of at least 4 members (excludes halogenated alkanes) is 10. The molecule has 182 valence electrons. The van der Waals surface area contributed by atoms with Gasteiger partial charge in [0.2, 0.25) is 0 Å². The Bertz CT molecular complexity index is 641. The average molecular weight is 451 g/mol. The minimum Gasteiger partial charge on any atom is -0.511 e. The highest BCUT2D eigenvalue weighted by atomic mass is 16.5. The van der Waals surface area contributed by atoms with E-state index < -0.39 is 25.2 Å². The second kappa shape index (κ2) is 16.7. The van der Waals surface area contributed by atoms with Crippen molar-refractivity contribution < 1.29 is 30.0 Å². The first kappa shape index (κ1) is 28.1. The van der Waals surface area contributed by atoms with E-state index in [9.17, 15) is 25.2 Å². The van der Waals surface area contributed by atoms with Crippen LogP contribution in [0.4, 0.5) is 0 Å². The van der Waals surface area contributed by atoms with Crippen LogP contribution in [0.3, 0.4) is 0 Å². The topological polar surface area (TPSA) is 107 Å². The third kappa shape index (κ3) is 10.6. The smallest absolute Gasteiger partial charge is 0.311 e. The Balaban J connectivity index is 2.27. The molecule has 6 nitrogen and oxygen atoms in total. The number of esters is 1. The van der Waals surface area contributed by atoms with Gasteiger partial charge in [-0.2, -0.15) is 0 Å². The molecule has 0 unspecified atom stereocenters. The number of aliphatic hydroxyl groups excluding tert-OH is 4. The van der Waals surface area contributed by atoms with Gasteiger partial charge in [-0.15, -0.1) is 0 Å². The molecule has 0 aliphatic carbocycles. The predicted octanol–water partition coefficient (Wildman–Crippen LogP) is 5.16. The number of carbonyl (C=O) groups is 1. The summed E-state index contributed by atoms with van der Waals surface area (Å²) in [4.78, 5) is 12.0. The van der Waals surface area contributed by atoms with Gasteiger partial charge in [-0.25, -0.2) is 0 Å². The fraction of sp³-hybridized carbons (Fsp3) is 0.654. The molecule has 0 heterocycles. The van der Waals surface area contributed by atoms with Gasteiger partial charge in [0, 0.05) is 6.42 Å². The van der Waals surface area contributed by atoms with Gasteiger partial charge in [0.25, 0.3) is 0 Å². The third-order valence-corrected chi connectivity index (χ3v) is 5.85. The van der Waals surface area contributed by atoms with Gasteiger partial charge < -0.3 is 25.2 Å². The van der Waals surface area contributed by atoms with Crippen LogP contribution in [-0.4, -0.2) is 46.2 Å². The van der Waals surface area contributed by atoms with Gasteiger partial charge in [-0.3, -0.25) is 4.79 Å². The average Bonchev–Trinajstić information content (AvgIpc) is 2.80. The maximum Gasteiger partial charge on any atom is 0.311 e. The zero-order valence-electron chi connectivity index (χ0n) is 19.6. The van der Waals surface area contributed by atoms with E-state index in [2.05, 4.69) is 6.92 Å². The van der Waals surface area contributed by atoms with Crippen molar-refractivity contribution in [3.05, 3.63) is 35.6 Å². The lowest BCUT2D eigenvalue weighted by Crippen LogP contribution is -2.36. The molecule has 1 aromatic carbocycles. The molecular weight excluding hydrogens is 408 g/mol. The van der Waals surface area contributed by atoms with Crippen LogP contribution in [0, 0.1) is 5.41 Å². The number of aliphatic hydroxyl groups is 4. The van der Waals surface area contributed by atoms with Crippen LogP contribution in [0.2, 0.25) is 0 Å². The zero-order valence-corrected chi connectivity index (χ0v) is 19.6. The first-order valence-corrected chi connectivity index (χ1v) is 12.1. The van der Waals surface area contributed by atoms with Crippen molar-refractivity contribution in [2.24, 2.45) is 5.41 Å². The largest absolute Gasteiger partial charge is 0.511 e. The maximum absolute atomic E-state index is 12.0. The van der Waals surface area contributed by atoms with Crippen LogP contribution in [0.25, 0.3) is 6.08 Å². The summed E-state index contributed by atoms with van der Waals surface area (Å²) in [5, 5.41) is 38.3. The molecular formula is C26H42O6. The number of ether oxygens (including phenoxy) is 1. The fourth-order valence-corrected chi connectivity index (χ4v) is 3.45. The van der Waals surface area contributed by atoms with Crippen LogP contribution < -0.4 is 4.74 Å². The molecule has 0 spiro atoms. The van der Waals surface area contributed by atoms with Crippen LogP contribution in [0.5, 0.6) is 5.75 Å². The van der Waals surface area contributed by atoms with Crippen molar-refractivity contribution in [3.8, 4) is 5.75 Å². The SMILES string of the molecule is CCCCCCCCCCCCCC(=O)Oc1ccc(C=C(O)C(CO)(CO)CO)cc1. The minimum atomic E-state index is -1.49. The Kier molecular flexibility index (Phi) is 14.7. The molecule has 0 aliphatic rings. The van der Waals surface area contributed by atoms with Gasteiger partial charge in [-0.1, -0.05) is 83.3 Å². The molecule has 6 heteroatoms. The molecule has 4 N–H and O–H groups in total. The zero-order chi connectivity index (χ0) is 23.7. The van der Waals surface area contributed by atoms with Crippen molar-refractivity contribution in [3.63, 3.8) is 0 Å². The summed E-state index contributed by atoms with van der Waals surface area (Å²) in [7, 11) is 0. The Morgan fingerprint density at radius 2 is 1.28 bits per heavy atom. The van der Waals surface area contributed by atoms with Crippen LogP contribution in [0.15, 0.2) is 30.0 Å². The quantitative estimate of drug-likeness (QED) is 0.107. The lowest BCUT2D eigenvalue weighted by molar-refractivity contribution is -0.134. The van der Waals surface area contributed by atoms with E-state index in [1.807, 2.05) is 0 Å². The third-order valence-electron chi connectivity index (χ3n) is 5.85.